The Balaban J connectivity index is 2.07. The first kappa shape index (κ1) is 19.8. The second-order valence-corrected chi connectivity index (χ2v) is 7.26. The third-order valence-corrected chi connectivity index (χ3v) is 4.68. The lowest BCUT2D eigenvalue weighted by molar-refractivity contribution is 0.458. The normalized spacial score (nSPS) is 12.6. The highest BCUT2D eigenvalue weighted by atomic mass is 35.5. The van der Waals surface area contributed by atoms with Gasteiger partial charge in [0.25, 0.3) is 0 Å². The van der Waals surface area contributed by atoms with Crippen LogP contribution in [0.25, 0.3) is 0 Å². The molecule has 0 saturated carbocycles. The molecule has 1 atom stereocenters. The van der Waals surface area contributed by atoms with Crippen LogP contribution >= 0.6 is 11.6 Å². The molecule has 0 aliphatic carbocycles. The van der Waals surface area contributed by atoms with Crippen LogP contribution in [0.4, 0.5) is 0 Å². The molecule has 136 valence electrons. The molecule has 4 nitrogen and oxygen atoms in total. The van der Waals surface area contributed by atoms with Crippen molar-refractivity contribution in [2.45, 2.75) is 58.5 Å². The zero-order valence-electron chi connectivity index (χ0n) is 15.4. The third kappa shape index (κ3) is 6.07. The number of nitrogens with one attached hydrogen (secondary N) is 1. The van der Waals surface area contributed by atoms with Crippen molar-refractivity contribution in [1.29, 1.82) is 0 Å². The van der Waals surface area contributed by atoms with E-state index in [1.54, 1.807) is 0 Å². The molecule has 2 heterocycles. The molecule has 0 aromatic carbocycles. The van der Waals surface area contributed by atoms with Crippen molar-refractivity contribution < 1.29 is 0 Å². The summed E-state index contributed by atoms with van der Waals surface area (Å²) in [7, 11) is 0. The Kier molecular flexibility index (Phi) is 7.82. The molecule has 0 aliphatic rings. The molecule has 5 heteroatoms. The molecule has 0 spiro atoms. The zero-order chi connectivity index (χ0) is 18.2. The quantitative estimate of drug-likeness (QED) is 0.709. The fourth-order valence-corrected chi connectivity index (χ4v) is 3.25. The van der Waals surface area contributed by atoms with Crippen LogP contribution in [-0.4, -0.2) is 22.6 Å². The molecule has 0 saturated heterocycles. The van der Waals surface area contributed by atoms with E-state index in [1.165, 1.54) is 5.56 Å². The van der Waals surface area contributed by atoms with Crippen molar-refractivity contribution >= 4 is 11.6 Å². The molecule has 0 fully saturated rings. The van der Waals surface area contributed by atoms with E-state index in [2.05, 4.69) is 35.2 Å². The van der Waals surface area contributed by atoms with Gasteiger partial charge < -0.3 is 11.1 Å². The largest absolute Gasteiger partial charge is 0.330 e. The summed E-state index contributed by atoms with van der Waals surface area (Å²) in [5.74, 6) is 0.459. The zero-order valence-corrected chi connectivity index (χ0v) is 16.2. The van der Waals surface area contributed by atoms with Gasteiger partial charge in [0.05, 0.1) is 16.4 Å². The molecule has 0 radical (unpaired) electrons. The third-order valence-electron chi connectivity index (χ3n) is 4.36. The lowest BCUT2D eigenvalue weighted by Crippen LogP contribution is -2.32. The Morgan fingerprint density at radius 2 is 2.04 bits per heavy atom. The van der Waals surface area contributed by atoms with Crippen LogP contribution in [0.1, 0.15) is 55.1 Å². The Labute approximate surface area is 156 Å². The summed E-state index contributed by atoms with van der Waals surface area (Å²) in [4.78, 5) is 9.07. The van der Waals surface area contributed by atoms with E-state index < -0.39 is 0 Å². The molecular formula is C20H29ClN4. The molecule has 0 bridgehead atoms. The maximum Gasteiger partial charge on any atom is 0.0624 e. The summed E-state index contributed by atoms with van der Waals surface area (Å²) in [5.41, 5.74) is 10.1. The number of hydrogen-bond acceptors (Lipinski definition) is 4. The highest BCUT2D eigenvalue weighted by Gasteiger charge is 2.14. The number of hydrogen-bond donors (Lipinski definition) is 2. The number of aromatic nitrogens is 2. The smallest absolute Gasteiger partial charge is 0.0624 e. The molecule has 1 unspecified atom stereocenters. The molecule has 0 aliphatic heterocycles. The van der Waals surface area contributed by atoms with E-state index >= 15 is 0 Å². The maximum absolute atomic E-state index is 6.36. The minimum Gasteiger partial charge on any atom is -0.330 e. The van der Waals surface area contributed by atoms with Gasteiger partial charge >= 0.3 is 0 Å². The van der Waals surface area contributed by atoms with Crippen molar-refractivity contribution in [2.75, 3.05) is 6.54 Å². The van der Waals surface area contributed by atoms with Gasteiger partial charge in [-0.15, -0.1) is 0 Å². The van der Waals surface area contributed by atoms with E-state index in [0.717, 1.165) is 47.8 Å². The molecule has 2 rings (SSSR count). The fraction of sp³-hybridized carbons (Fsp3) is 0.500. The predicted octanol–water partition coefficient (Wildman–Crippen LogP) is 4.00. The van der Waals surface area contributed by atoms with Gasteiger partial charge in [0.1, 0.15) is 0 Å². The van der Waals surface area contributed by atoms with E-state index in [-0.39, 0.29) is 6.04 Å². The predicted molar refractivity (Wildman–Crippen MR) is 105 cm³/mol. The summed E-state index contributed by atoms with van der Waals surface area (Å²) in [6.45, 7) is 7.83. The summed E-state index contributed by atoms with van der Waals surface area (Å²) >= 11 is 6.36. The van der Waals surface area contributed by atoms with Crippen LogP contribution < -0.4 is 11.1 Å². The molecule has 25 heavy (non-hydrogen) atoms. The molecule has 2 aromatic heterocycles. The van der Waals surface area contributed by atoms with Gasteiger partial charge in [-0.1, -0.05) is 31.5 Å². The minimum atomic E-state index is 0.276. The topological polar surface area (TPSA) is 63.8 Å². The first-order valence-corrected chi connectivity index (χ1v) is 9.37. The minimum absolute atomic E-state index is 0.276. The summed E-state index contributed by atoms with van der Waals surface area (Å²) in [6.07, 6.45) is 6.49. The lowest BCUT2D eigenvalue weighted by Gasteiger charge is -2.20. The van der Waals surface area contributed by atoms with E-state index in [1.807, 2.05) is 31.5 Å². The van der Waals surface area contributed by atoms with Crippen LogP contribution in [0.5, 0.6) is 0 Å². The Morgan fingerprint density at radius 3 is 2.72 bits per heavy atom. The number of aryl methyl sites for hydroxylation is 1. The molecule has 2 aromatic rings. The van der Waals surface area contributed by atoms with E-state index in [9.17, 15) is 0 Å². The SMILES string of the molecule is Cc1cnc(CC(CCCN)NCc2ncccc2C(C)C)c(Cl)c1. The van der Waals surface area contributed by atoms with Gasteiger partial charge in [0.2, 0.25) is 0 Å². The number of rotatable bonds is 9. The summed E-state index contributed by atoms with van der Waals surface area (Å²) < 4.78 is 0. The molecular weight excluding hydrogens is 332 g/mol. The van der Waals surface area contributed by atoms with Gasteiger partial charge in [-0.05, 0) is 55.5 Å². The lowest BCUT2D eigenvalue weighted by atomic mass is 10.0. The van der Waals surface area contributed by atoms with Crippen LogP contribution in [0.2, 0.25) is 5.02 Å². The number of nitrogens with two attached hydrogens (primary N) is 1. The van der Waals surface area contributed by atoms with Crippen molar-refractivity contribution in [3.8, 4) is 0 Å². The highest BCUT2D eigenvalue weighted by molar-refractivity contribution is 6.31. The first-order valence-electron chi connectivity index (χ1n) is 8.99. The van der Waals surface area contributed by atoms with Crippen molar-refractivity contribution in [2.24, 2.45) is 5.73 Å². The van der Waals surface area contributed by atoms with Crippen molar-refractivity contribution in [3.05, 3.63) is 58.1 Å². The van der Waals surface area contributed by atoms with Gasteiger partial charge in [-0.2, -0.15) is 0 Å². The van der Waals surface area contributed by atoms with Gasteiger partial charge in [-0.3, -0.25) is 9.97 Å². The van der Waals surface area contributed by atoms with Crippen molar-refractivity contribution in [1.82, 2.24) is 15.3 Å². The monoisotopic (exact) mass is 360 g/mol. The van der Waals surface area contributed by atoms with Crippen LogP contribution in [0.3, 0.4) is 0 Å². The van der Waals surface area contributed by atoms with Crippen molar-refractivity contribution in [3.63, 3.8) is 0 Å². The number of nitrogens with zero attached hydrogens (tertiary/aromatic N) is 2. The molecule has 3 N–H and O–H groups in total. The van der Waals surface area contributed by atoms with E-state index in [0.29, 0.717) is 12.5 Å². The second kappa shape index (κ2) is 9.85. The Bertz CT molecular complexity index is 672. The van der Waals surface area contributed by atoms with Crippen LogP contribution in [-0.2, 0) is 13.0 Å². The second-order valence-electron chi connectivity index (χ2n) is 6.85. The standard InChI is InChI=1S/C20H29ClN4/c1-14(2)17-7-5-9-23-20(17)13-24-16(6-4-8-22)11-19-18(21)10-15(3)12-25-19/h5,7,9-10,12,14,16,24H,4,6,8,11,13,22H2,1-3H3. The van der Waals surface area contributed by atoms with E-state index in [4.69, 9.17) is 17.3 Å². The van der Waals surface area contributed by atoms with Crippen LogP contribution in [0, 0.1) is 6.92 Å². The average Bonchev–Trinajstić information content (AvgIpc) is 2.59. The highest BCUT2D eigenvalue weighted by Crippen LogP contribution is 2.20. The average molecular weight is 361 g/mol. The van der Waals surface area contributed by atoms with Gasteiger partial charge in [0, 0.05) is 31.4 Å². The van der Waals surface area contributed by atoms with Gasteiger partial charge in [0.15, 0.2) is 0 Å². The summed E-state index contributed by atoms with van der Waals surface area (Å²) in [5, 5.41) is 4.38. The fourth-order valence-electron chi connectivity index (χ4n) is 2.95. The maximum atomic E-state index is 6.36. The number of halogens is 1. The summed E-state index contributed by atoms with van der Waals surface area (Å²) in [6, 6.07) is 6.40. The first-order chi connectivity index (χ1) is 12.0. The van der Waals surface area contributed by atoms with Crippen LogP contribution in [0.15, 0.2) is 30.6 Å². The Morgan fingerprint density at radius 1 is 1.24 bits per heavy atom. The number of pyridine rings is 2. The molecule has 0 amide bonds. The van der Waals surface area contributed by atoms with Gasteiger partial charge in [-0.25, -0.2) is 0 Å². The Hall–Kier alpha value is -1.49.